The van der Waals surface area contributed by atoms with Crippen LogP contribution in [-0.2, 0) is 20.6 Å². The molecule has 25 heavy (non-hydrogen) atoms. The lowest BCUT2D eigenvalue weighted by Gasteiger charge is -2.39. The van der Waals surface area contributed by atoms with Crippen LogP contribution in [0.25, 0.3) is 0 Å². The average molecular weight is 351 g/mol. The lowest BCUT2D eigenvalue weighted by molar-refractivity contribution is 0.0511. The van der Waals surface area contributed by atoms with E-state index in [2.05, 4.69) is 47.9 Å². The van der Waals surface area contributed by atoms with Gasteiger partial charge in [0, 0.05) is 51.6 Å². The Balaban J connectivity index is 1.99. The van der Waals surface area contributed by atoms with Crippen molar-refractivity contribution in [2.75, 3.05) is 71.7 Å². The Hall–Kier alpha value is -1.14. The molecular formula is C20H34N2O3. The molecule has 0 spiro atoms. The summed E-state index contributed by atoms with van der Waals surface area (Å²) in [7, 11) is 3.51. The molecule has 5 heteroatoms. The normalized spacial score (nSPS) is 15.8. The van der Waals surface area contributed by atoms with Gasteiger partial charge in [-0.1, -0.05) is 12.1 Å². The number of hydrogen-bond acceptors (Lipinski definition) is 5. The third-order valence-electron chi connectivity index (χ3n) is 4.94. The fourth-order valence-electron chi connectivity index (χ4n) is 3.38. The SMILES string of the molecule is COCCN(CCOC)C(C)(C)Cc1ccc(N2CCOCC2)cc1. The van der Waals surface area contributed by atoms with Gasteiger partial charge in [-0.25, -0.2) is 0 Å². The van der Waals surface area contributed by atoms with Gasteiger partial charge in [-0.15, -0.1) is 0 Å². The zero-order chi connectivity index (χ0) is 18.1. The zero-order valence-electron chi connectivity index (χ0n) is 16.3. The molecule has 1 aromatic rings. The second-order valence-electron chi connectivity index (χ2n) is 7.23. The quantitative estimate of drug-likeness (QED) is 0.647. The van der Waals surface area contributed by atoms with Gasteiger partial charge in [-0.05, 0) is 38.0 Å². The van der Waals surface area contributed by atoms with Crippen LogP contribution < -0.4 is 4.90 Å². The summed E-state index contributed by atoms with van der Waals surface area (Å²) in [6, 6.07) is 9.01. The molecule has 1 fully saturated rings. The number of benzene rings is 1. The summed E-state index contributed by atoms with van der Waals surface area (Å²) < 4.78 is 16.0. The highest BCUT2D eigenvalue weighted by atomic mass is 16.5. The van der Waals surface area contributed by atoms with E-state index in [0.29, 0.717) is 0 Å². The van der Waals surface area contributed by atoms with Crippen LogP contribution >= 0.6 is 0 Å². The summed E-state index contributed by atoms with van der Waals surface area (Å²) in [4.78, 5) is 4.85. The summed E-state index contributed by atoms with van der Waals surface area (Å²) in [5, 5.41) is 0. The predicted octanol–water partition coefficient (Wildman–Crippen LogP) is 2.44. The van der Waals surface area contributed by atoms with Crippen molar-refractivity contribution >= 4 is 5.69 Å². The van der Waals surface area contributed by atoms with Crippen LogP contribution in [0.4, 0.5) is 5.69 Å². The molecule has 1 aliphatic heterocycles. The van der Waals surface area contributed by atoms with Crippen LogP contribution in [0.5, 0.6) is 0 Å². The fourth-order valence-corrected chi connectivity index (χ4v) is 3.38. The maximum atomic E-state index is 5.43. The van der Waals surface area contributed by atoms with Crippen molar-refractivity contribution in [3.8, 4) is 0 Å². The molecule has 0 bridgehead atoms. The molecule has 1 aromatic carbocycles. The van der Waals surface area contributed by atoms with E-state index in [0.717, 1.165) is 59.0 Å². The second kappa shape index (κ2) is 10.1. The Labute approximate surface area is 152 Å². The van der Waals surface area contributed by atoms with Crippen molar-refractivity contribution < 1.29 is 14.2 Å². The summed E-state index contributed by atoms with van der Waals surface area (Å²) in [5.41, 5.74) is 2.71. The van der Waals surface area contributed by atoms with Crippen molar-refractivity contribution in [3.63, 3.8) is 0 Å². The highest BCUT2D eigenvalue weighted by Crippen LogP contribution is 2.23. The van der Waals surface area contributed by atoms with Crippen LogP contribution in [0.2, 0.25) is 0 Å². The number of nitrogens with zero attached hydrogens (tertiary/aromatic N) is 2. The van der Waals surface area contributed by atoms with Gasteiger partial charge in [-0.2, -0.15) is 0 Å². The van der Waals surface area contributed by atoms with Crippen molar-refractivity contribution in [3.05, 3.63) is 29.8 Å². The molecule has 0 aliphatic carbocycles. The van der Waals surface area contributed by atoms with E-state index >= 15 is 0 Å². The van der Waals surface area contributed by atoms with Gasteiger partial charge >= 0.3 is 0 Å². The molecule has 2 rings (SSSR count). The smallest absolute Gasteiger partial charge is 0.0642 e. The number of methoxy groups -OCH3 is 2. The summed E-state index contributed by atoms with van der Waals surface area (Å²) in [5.74, 6) is 0. The Morgan fingerprint density at radius 3 is 2.08 bits per heavy atom. The maximum Gasteiger partial charge on any atom is 0.0642 e. The van der Waals surface area contributed by atoms with Crippen molar-refractivity contribution in [2.45, 2.75) is 25.8 Å². The first-order valence-corrected chi connectivity index (χ1v) is 9.21. The topological polar surface area (TPSA) is 34.2 Å². The van der Waals surface area contributed by atoms with Gasteiger partial charge in [0.2, 0.25) is 0 Å². The monoisotopic (exact) mass is 350 g/mol. The standard InChI is InChI=1S/C20H34N2O3/c1-20(2,22(11-13-23-3)12-14-24-4)17-18-5-7-19(8-6-18)21-9-15-25-16-10-21/h5-8H,9-17H2,1-4H3. The molecule has 0 radical (unpaired) electrons. The van der Waals surface area contributed by atoms with Crippen molar-refractivity contribution in [1.29, 1.82) is 0 Å². The van der Waals surface area contributed by atoms with Gasteiger partial charge in [-0.3, -0.25) is 4.90 Å². The molecule has 0 saturated carbocycles. The minimum atomic E-state index is 0.0531. The first-order valence-electron chi connectivity index (χ1n) is 9.21. The predicted molar refractivity (Wildman–Crippen MR) is 103 cm³/mol. The molecule has 0 atom stereocenters. The van der Waals surface area contributed by atoms with E-state index in [-0.39, 0.29) is 5.54 Å². The van der Waals surface area contributed by atoms with Gasteiger partial charge in [0.05, 0.1) is 26.4 Å². The lowest BCUT2D eigenvalue weighted by atomic mass is 9.92. The van der Waals surface area contributed by atoms with E-state index in [1.165, 1.54) is 11.3 Å². The third-order valence-corrected chi connectivity index (χ3v) is 4.94. The van der Waals surface area contributed by atoms with Crippen LogP contribution in [0.3, 0.4) is 0 Å². The summed E-state index contributed by atoms with van der Waals surface area (Å²) >= 11 is 0. The molecule has 0 amide bonds. The Bertz CT molecular complexity index is 476. The van der Waals surface area contributed by atoms with Crippen LogP contribution in [0.1, 0.15) is 19.4 Å². The molecule has 1 heterocycles. The van der Waals surface area contributed by atoms with Crippen molar-refractivity contribution in [2.24, 2.45) is 0 Å². The number of hydrogen-bond donors (Lipinski definition) is 0. The van der Waals surface area contributed by atoms with Crippen LogP contribution in [0.15, 0.2) is 24.3 Å². The average Bonchev–Trinajstić information content (AvgIpc) is 2.62. The van der Waals surface area contributed by atoms with E-state index < -0.39 is 0 Å². The first-order chi connectivity index (χ1) is 12.1. The highest BCUT2D eigenvalue weighted by Gasteiger charge is 2.26. The molecule has 142 valence electrons. The highest BCUT2D eigenvalue weighted by molar-refractivity contribution is 5.48. The minimum absolute atomic E-state index is 0.0531. The molecular weight excluding hydrogens is 316 g/mol. The molecule has 1 aliphatic rings. The van der Waals surface area contributed by atoms with E-state index in [4.69, 9.17) is 14.2 Å². The van der Waals surface area contributed by atoms with E-state index in [1.807, 2.05) is 0 Å². The second-order valence-corrected chi connectivity index (χ2v) is 7.23. The molecule has 0 N–H and O–H groups in total. The molecule has 5 nitrogen and oxygen atoms in total. The first kappa shape index (κ1) is 20.2. The van der Waals surface area contributed by atoms with Gasteiger partial charge in [0.25, 0.3) is 0 Å². The Morgan fingerprint density at radius 2 is 1.56 bits per heavy atom. The molecule has 0 aromatic heterocycles. The van der Waals surface area contributed by atoms with E-state index in [9.17, 15) is 0 Å². The van der Waals surface area contributed by atoms with Crippen LogP contribution in [-0.4, -0.2) is 77.3 Å². The van der Waals surface area contributed by atoms with Crippen LogP contribution in [0, 0.1) is 0 Å². The Kier molecular flexibility index (Phi) is 8.16. The summed E-state index contributed by atoms with van der Waals surface area (Å²) in [6.07, 6.45) is 1.00. The summed E-state index contributed by atoms with van der Waals surface area (Å²) in [6.45, 7) is 11.5. The van der Waals surface area contributed by atoms with Gasteiger partial charge in [0.15, 0.2) is 0 Å². The number of rotatable bonds is 10. The number of anilines is 1. The largest absolute Gasteiger partial charge is 0.383 e. The zero-order valence-corrected chi connectivity index (χ0v) is 16.3. The third kappa shape index (κ3) is 6.26. The number of ether oxygens (including phenoxy) is 3. The van der Waals surface area contributed by atoms with Crippen molar-refractivity contribution in [1.82, 2.24) is 4.90 Å². The molecule has 1 saturated heterocycles. The fraction of sp³-hybridized carbons (Fsp3) is 0.700. The molecule has 0 unspecified atom stereocenters. The lowest BCUT2D eigenvalue weighted by Crippen LogP contribution is -2.48. The van der Waals surface area contributed by atoms with Gasteiger partial charge < -0.3 is 19.1 Å². The van der Waals surface area contributed by atoms with E-state index in [1.54, 1.807) is 14.2 Å². The minimum Gasteiger partial charge on any atom is -0.383 e. The number of morpholine rings is 1. The Morgan fingerprint density at radius 1 is 1.00 bits per heavy atom. The van der Waals surface area contributed by atoms with Gasteiger partial charge in [0.1, 0.15) is 0 Å². The maximum absolute atomic E-state index is 5.43.